The van der Waals surface area contributed by atoms with Gasteiger partial charge in [-0.05, 0) is 49.6 Å². The number of halogens is 1. The Kier molecular flexibility index (Phi) is 5.93. The number of para-hydroxylation sites is 1. The summed E-state index contributed by atoms with van der Waals surface area (Å²) in [7, 11) is 0. The van der Waals surface area contributed by atoms with E-state index in [-0.39, 0.29) is 12.5 Å². The zero-order valence-electron chi connectivity index (χ0n) is 13.5. The first-order valence-corrected chi connectivity index (χ1v) is 8.16. The van der Waals surface area contributed by atoms with Crippen molar-refractivity contribution in [1.29, 1.82) is 0 Å². The fourth-order valence-corrected chi connectivity index (χ4v) is 2.63. The van der Waals surface area contributed by atoms with Gasteiger partial charge in [0.15, 0.2) is 0 Å². The average molecular weight is 374 g/mol. The molecule has 0 aliphatic rings. The number of anilines is 1. The number of aryl methyl sites for hydroxylation is 2. The molecule has 120 valence electrons. The summed E-state index contributed by atoms with van der Waals surface area (Å²) in [6.07, 6.45) is 0. The summed E-state index contributed by atoms with van der Waals surface area (Å²) >= 11 is 3.42. The van der Waals surface area contributed by atoms with Crippen molar-refractivity contribution in [2.75, 3.05) is 11.9 Å². The Morgan fingerprint density at radius 2 is 1.78 bits per heavy atom. The van der Waals surface area contributed by atoms with Crippen molar-refractivity contribution < 1.29 is 4.79 Å². The van der Waals surface area contributed by atoms with Crippen molar-refractivity contribution in [2.45, 2.75) is 20.8 Å². The lowest BCUT2D eigenvalue weighted by atomic mass is 10.1. The predicted molar refractivity (Wildman–Crippen MR) is 98.9 cm³/mol. The molecule has 5 heteroatoms. The maximum Gasteiger partial charge on any atom is 0.259 e. The molecule has 0 spiro atoms. The van der Waals surface area contributed by atoms with Gasteiger partial charge in [-0.1, -0.05) is 46.3 Å². The number of benzene rings is 2. The Hall–Kier alpha value is -2.14. The minimum absolute atomic E-state index is 0.179. The van der Waals surface area contributed by atoms with E-state index in [1.165, 1.54) is 0 Å². The van der Waals surface area contributed by atoms with Crippen LogP contribution < -0.4 is 10.7 Å². The molecule has 1 amide bonds. The van der Waals surface area contributed by atoms with Crippen LogP contribution >= 0.6 is 15.9 Å². The lowest BCUT2D eigenvalue weighted by Crippen LogP contribution is -2.27. The van der Waals surface area contributed by atoms with Crippen LogP contribution in [0.15, 0.2) is 52.0 Å². The van der Waals surface area contributed by atoms with Gasteiger partial charge >= 0.3 is 0 Å². The van der Waals surface area contributed by atoms with Crippen LogP contribution in [0.3, 0.4) is 0 Å². The van der Waals surface area contributed by atoms with Crippen LogP contribution in [0.4, 0.5) is 5.69 Å². The molecule has 0 atom stereocenters. The molecular formula is C18H20BrN3O. The second kappa shape index (κ2) is 7.92. The first kappa shape index (κ1) is 17.2. The minimum atomic E-state index is -0.179. The molecule has 0 saturated carbocycles. The molecule has 2 N–H and O–H groups in total. The van der Waals surface area contributed by atoms with Crippen molar-refractivity contribution in [3.8, 4) is 0 Å². The van der Waals surface area contributed by atoms with Crippen molar-refractivity contribution in [2.24, 2.45) is 5.10 Å². The van der Waals surface area contributed by atoms with Crippen molar-refractivity contribution in [1.82, 2.24) is 5.43 Å². The molecule has 23 heavy (non-hydrogen) atoms. The van der Waals surface area contributed by atoms with E-state index in [1.54, 1.807) is 0 Å². The van der Waals surface area contributed by atoms with Gasteiger partial charge in [0.05, 0.1) is 12.3 Å². The Balaban J connectivity index is 1.94. The van der Waals surface area contributed by atoms with Gasteiger partial charge in [-0.3, -0.25) is 4.79 Å². The number of hydrazone groups is 1. The number of amides is 1. The highest BCUT2D eigenvalue weighted by molar-refractivity contribution is 9.10. The van der Waals surface area contributed by atoms with Crippen LogP contribution in [-0.2, 0) is 4.79 Å². The third kappa shape index (κ3) is 4.93. The van der Waals surface area contributed by atoms with Gasteiger partial charge in [0.25, 0.3) is 5.91 Å². The van der Waals surface area contributed by atoms with Crippen molar-refractivity contribution in [3.05, 3.63) is 63.6 Å². The first-order chi connectivity index (χ1) is 11.0. The second-order valence-corrected chi connectivity index (χ2v) is 6.28. The SMILES string of the molecule is C/C(=N/NC(=O)CNc1c(C)cccc1C)c1cccc(Br)c1. The van der Waals surface area contributed by atoms with E-state index in [0.29, 0.717) is 0 Å². The second-order valence-electron chi connectivity index (χ2n) is 5.36. The van der Waals surface area contributed by atoms with Crippen LogP contribution in [0.2, 0.25) is 0 Å². The molecule has 0 heterocycles. The third-order valence-electron chi connectivity index (χ3n) is 3.50. The first-order valence-electron chi connectivity index (χ1n) is 7.36. The largest absolute Gasteiger partial charge is 0.376 e. The van der Waals surface area contributed by atoms with Crippen LogP contribution in [-0.4, -0.2) is 18.2 Å². The molecule has 2 rings (SSSR count). The fraction of sp³-hybridized carbons (Fsp3) is 0.222. The summed E-state index contributed by atoms with van der Waals surface area (Å²) in [5.41, 5.74) is 7.53. The quantitative estimate of drug-likeness (QED) is 0.614. The highest BCUT2D eigenvalue weighted by atomic mass is 79.9. The minimum Gasteiger partial charge on any atom is -0.376 e. The summed E-state index contributed by atoms with van der Waals surface area (Å²) in [5, 5.41) is 7.31. The maximum absolute atomic E-state index is 12.0. The number of carbonyl (C=O) groups excluding carboxylic acids is 1. The van der Waals surface area contributed by atoms with E-state index < -0.39 is 0 Å². The molecule has 2 aromatic carbocycles. The number of nitrogens with zero attached hydrogens (tertiary/aromatic N) is 1. The van der Waals surface area contributed by atoms with Gasteiger partial charge in [0.1, 0.15) is 0 Å². The van der Waals surface area contributed by atoms with E-state index in [2.05, 4.69) is 31.8 Å². The van der Waals surface area contributed by atoms with Crippen molar-refractivity contribution in [3.63, 3.8) is 0 Å². The highest BCUT2D eigenvalue weighted by Crippen LogP contribution is 2.18. The Labute approximate surface area is 145 Å². The topological polar surface area (TPSA) is 53.5 Å². The molecule has 0 radical (unpaired) electrons. The number of hydrogen-bond acceptors (Lipinski definition) is 3. The highest BCUT2D eigenvalue weighted by Gasteiger charge is 2.05. The number of hydrogen-bond donors (Lipinski definition) is 2. The third-order valence-corrected chi connectivity index (χ3v) is 3.99. The average Bonchev–Trinajstić information content (AvgIpc) is 2.52. The van der Waals surface area contributed by atoms with Crippen LogP contribution in [0, 0.1) is 13.8 Å². The summed E-state index contributed by atoms with van der Waals surface area (Å²) in [5.74, 6) is -0.179. The van der Waals surface area contributed by atoms with E-state index in [0.717, 1.165) is 32.6 Å². The summed E-state index contributed by atoms with van der Waals surface area (Å²) in [6.45, 7) is 6.08. The molecule has 2 aromatic rings. The van der Waals surface area contributed by atoms with E-state index in [9.17, 15) is 4.79 Å². The zero-order chi connectivity index (χ0) is 16.8. The molecule has 0 aliphatic heterocycles. The molecule has 0 aliphatic carbocycles. The smallest absolute Gasteiger partial charge is 0.259 e. The van der Waals surface area contributed by atoms with Gasteiger partial charge in [0, 0.05) is 10.2 Å². The van der Waals surface area contributed by atoms with Gasteiger partial charge in [-0.25, -0.2) is 5.43 Å². The van der Waals surface area contributed by atoms with Gasteiger partial charge in [0.2, 0.25) is 0 Å². The number of nitrogens with one attached hydrogen (secondary N) is 2. The zero-order valence-corrected chi connectivity index (χ0v) is 15.1. The Morgan fingerprint density at radius 3 is 2.43 bits per heavy atom. The van der Waals surface area contributed by atoms with Crippen molar-refractivity contribution >= 4 is 33.2 Å². The van der Waals surface area contributed by atoms with Crippen LogP contribution in [0.25, 0.3) is 0 Å². The van der Waals surface area contributed by atoms with E-state index >= 15 is 0 Å². The molecule has 0 bridgehead atoms. The molecule has 0 saturated heterocycles. The lowest BCUT2D eigenvalue weighted by Gasteiger charge is -2.11. The Morgan fingerprint density at radius 1 is 1.13 bits per heavy atom. The fourth-order valence-electron chi connectivity index (χ4n) is 2.23. The Bertz CT molecular complexity index is 721. The number of carbonyl (C=O) groups is 1. The molecule has 0 unspecified atom stereocenters. The molecule has 0 fully saturated rings. The molecular weight excluding hydrogens is 354 g/mol. The predicted octanol–water partition coefficient (Wildman–Crippen LogP) is 4.02. The van der Waals surface area contributed by atoms with Gasteiger partial charge in [-0.2, -0.15) is 5.10 Å². The van der Waals surface area contributed by atoms with Crippen LogP contribution in [0.1, 0.15) is 23.6 Å². The molecule has 4 nitrogen and oxygen atoms in total. The van der Waals surface area contributed by atoms with E-state index in [4.69, 9.17) is 0 Å². The van der Waals surface area contributed by atoms with Gasteiger partial charge < -0.3 is 5.32 Å². The standard InChI is InChI=1S/C18H20BrN3O/c1-12-6-4-7-13(2)18(12)20-11-17(23)22-21-14(3)15-8-5-9-16(19)10-15/h4-10,20H,11H2,1-3H3,(H,22,23)/b21-14-. The van der Waals surface area contributed by atoms with Crippen LogP contribution in [0.5, 0.6) is 0 Å². The summed E-state index contributed by atoms with van der Waals surface area (Å²) in [6, 6.07) is 13.8. The summed E-state index contributed by atoms with van der Waals surface area (Å²) in [4.78, 5) is 12.0. The lowest BCUT2D eigenvalue weighted by molar-refractivity contribution is -0.119. The summed E-state index contributed by atoms with van der Waals surface area (Å²) < 4.78 is 0.979. The van der Waals surface area contributed by atoms with E-state index in [1.807, 2.05) is 63.2 Å². The number of rotatable bonds is 5. The normalized spacial score (nSPS) is 11.2. The monoisotopic (exact) mass is 373 g/mol. The van der Waals surface area contributed by atoms with Gasteiger partial charge in [-0.15, -0.1) is 0 Å². The maximum atomic E-state index is 12.0. The molecule has 0 aromatic heterocycles.